The number of carbonyl (C=O) groups is 2. The molecule has 1 rings (SSSR count). The van der Waals surface area contributed by atoms with Crippen molar-refractivity contribution in [1.29, 1.82) is 0 Å². The molecule has 110 valence electrons. The lowest BCUT2D eigenvalue weighted by Crippen LogP contribution is -2.21. The van der Waals surface area contributed by atoms with Gasteiger partial charge in [-0.05, 0) is 44.5 Å². The number of anilines is 2. The van der Waals surface area contributed by atoms with Crippen LogP contribution < -0.4 is 10.2 Å². The van der Waals surface area contributed by atoms with E-state index in [1.165, 1.54) is 0 Å². The monoisotopic (exact) mass is 278 g/mol. The Morgan fingerprint density at radius 1 is 1.10 bits per heavy atom. The normalized spacial score (nSPS) is 10.1. The highest BCUT2D eigenvalue weighted by molar-refractivity contribution is 5.91. The van der Waals surface area contributed by atoms with Crippen molar-refractivity contribution in [2.45, 2.75) is 33.1 Å². The van der Waals surface area contributed by atoms with Crippen LogP contribution in [0.5, 0.6) is 0 Å². The Hall–Kier alpha value is -2.04. The first-order chi connectivity index (χ1) is 9.56. The second-order valence-electron chi connectivity index (χ2n) is 4.51. The summed E-state index contributed by atoms with van der Waals surface area (Å²) >= 11 is 0. The SMILES string of the molecule is CCN(CC)c1ccc(NC(=O)CCCC(=O)O)cc1. The van der Waals surface area contributed by atoms with Gasteiger partial charge in [-0.15, -0.1) is 0 Å². The number of aliphatic carboxylic acids is 1. The molecule has 1 aromatic carbocycles. The summed E-state index contributed by atoms with van der Waals surface area (Å²) in [6.45, 7) is 6.08. The molecule has 0 saturated carbocycles. The fourth-order valence-electron chi connectivity index (χ4n) is 1.97. The third-order valence-electron chi connectivity index (χ3n) is 3.07. The molecule has 5 heteroatoms. The fourth-order valence-corrected chi connectivity index (χ4v) is 1.97. The molecular formula is C15H22N2O3. The van der Waals surface area contributed by atoms with E-state index < -0.39 is 5.97 Å². The van der Waals surface area contributed by atoms with E-state index in [0.717, 1.165) is 24.5 Å². The third-order valence-corrected chi connectivity index (χ3v) is 3.07. The first kappa shape index (κ1) is 16.0. The summed E-state index contributed by atoms with van der Waals surface area (Å²) < 4.78 is 0. The maximum atomic E-state index is 11.6. The number of hydrogen-bond acceptors (Lipinski definition) is 3. The van der Waals surface area contributed by atoms with Gasteiger partial charge in [0.15, 0.2) is 0 Å². The smallest absolute Gasteiger partial charge is 0.303 e. The van der Waals surface area contributed by atoms with Gasteiger partial charge in [-0.2, -0.15) is 0 Å². The molecule has 0 spiro atoms. The first-order valence-corrected chi connectivity index (χ1v) is 6.93. The molecule has 0 unspecified atom stereocenters. The van der Waals surface area contributed by atoms with E-state index in [1.807, 2.05) is 24.3 Å². The Balaban J connectivity index is 2.48. The molecule has 0 heterocycles. The number of carboxylic acid groups (broad SMARTS) is 1. The van der Waals surface area contributed by atoms with Crippen LogP contribution in [0.3, 0.4) is 0 Å². The number of carboxylic acids is 1. The van der Waals surface area contributed by atoms with Crippen molar-refractivity contribution >= 4 is 23.3 Å². The lowest BCUT2D eigenvalue weighted by Gasteiger charge is -2.21. The molecule has 0 atom stereocenters. The van der Waals surface area contributed by atoms with Crippen molar-refractivity contribution < 1.29 is 14.7 Å². The third kappa shape index (κ3) is 5.30. The molecule has 20 heavy (non-hydrogen) atoms. The van der Waals surface area contributed by atoms with Crippen LogP contribution in [0.15, 0.2) is 24.3 Å². The molecule has 0 aliphatic heterocycles. The fraction of sp³-hybridized carbons (Fsp3) is 0.467. The number of rotatable bonds is 8. The van der Waals surface area contributed by atoms with E-state index in [4.69, 9.17) is 5.11 Å². The highest BCUT2D eigenvalue weighted by Gasteiger charge is 2.05. The van der Waals surface area contributed by atoms with Crippen LogP contribution >= 0.6 is 0 Å². The summed E-state index contributed by atoms with van der Waals surface area (Å²) in [7, 11) is 0. The Labute approximate surface area is 119 Å². The highest BCUT2D eigenvalue weighted by Crippen LogP contribution is 2.17. The van der Waals surface area contributed by atoms with E-state index in [1.54, 1.807) is 0 Å². The number of carbonyl (C=O) groups excluding carboxylic acids is 1. The molecule has 0 aliphatic carbocycles. The van der Waals surface area contributed by atoms with Crippen LogP contribution in [0, 0.1) is 0 Å². The molecule has 2 N–H and O–H groups in total. The van der Waals surface area contributed by atoms with Gasteiger partial charge in [0.05, 0.1) is 0 Å². The predicted molar refractivity (Wildman–Crippen MR) is 80.1 cm³/mol. The van der Waals surface area contributed by atoms with Crippen molar-refractivity contribution in [3.63, 3.8) is 0 Å². The zero-order chi connectivity index (χ0) is 15.0. The van der Waals surface area contributed by atoms with E-state index in [9.17, 15) is 9.59 Å². The minimum absolute atomic E-state index is 0.0221. The zero-order valence-electron chi connectivity index (χ0n) is 12.1. The van der Waals surface area contributed by atoms with Gasteiger partial charge in [0, 0.05) is 37.3 Å². The number of hydrogen-bond donors (Lipinski definition) is 2. The van der Waals surface area contributed by atoms with Crippen LogP contribution in [0.25, 0.3) is 0 Å². The van der Waals surface area contributed by atoms with Crippen LogP contribution in [0.2, 0.25) is 0 Å². The van der Waals surface area contributed by atoms with Crippen LogP contribution in [0.4, 0.5) is 11.4 Å². The van der Waals surface area contributed by atoms with E-state index in [-0.39, 0.29) is 18.7 Å². The molecule has 0 aliphatic rings. The molecule has 0 saturated heterocycles. The molecular weight excluding hydrogens is 256 g/mol. The number of nitrogens with zero attached hydrogens (tertiary/aromatic N) is 1. The van der Waals surface area contributed by atoms with Gasteiger partial charge in [0.2, 0.25) is 5.91 Å². The number of nitrogens with one attached hydrogen (secondary N) is 1. The Morgan fingerprint density at radius 3 is 2.20 bits per heavy atom. The van der Waals surface area contributed by atoms with E-state index in [0.29, 0.717) is 6.42 Å². The summed E-state index contributed by atoms with van der Waals surface area (Å²) in [5.74, 6) is -1.02. The highest BCUT2D eigenvalue weighted by atomic mass is 16.4. The first-order valence-electron chi connectivity index (χ1n) is 6.93. The number of amides is 1. The molecule has 5 nitrogen and oxygen atoms in total. The quantitative estimate of drug-likeness (QED) is 0.767. The average molecular weight is 278 g/mol. The summed E-state index contributed by atoms with van der Waals surface area (Å²) in [4.78, 5) is 24.2. The summed E-state index contributed by atoms with van der Waals surface area (Å²) in [6.07, 6.45) is 0.608. The maximum Gasteiger partial charge on any atom is 0.303 e. The minimum Gasteiger partial charge on any atom is -0.481 e. The van der Waals surface area contributed by atoms with Crippen molar-refractivity contribution in [3.05, 3.63) is 24.3 Å². The Bertz CT molecular complexity index is 439. The van der Waals surface area contributed by atoms with Gasteiger partial charge in [-0.3, -0.25) is 9.59 Å². The van der Waals surface area contributed by atoms with Gasteiger partial charge >= 0.3 is 5.97 Å². The molecule has 0 bridgehead atoms. The summed E-state index contributed by atoms with van der Waals surface area (Å²) in [5, 5.41) is 11.3. The van der Waals surface area contributed by atoms with Gasteiger partial charge in [0.1, 0.15) is 0 Å². The van der Waals surface area contributed by atoms with Gasteiger partial charge in [-0.25, -0.2) is 0 Å². The van der Waals surface area contributed by atoms with Gasteiger partial charge < -0.3 is 15.3 Å². The largest absolute Gasteiger partial charge is 0.481 e. The lowest BCUT2D eigenvalue weighted by molar-refractivity contribution is -0.137. The second kappa shape index (κ2) is 8.19. The van der Waals surface area contributed by atoms with Gasteiger partial charge in [-0.1, -0.05) is 0 Å². The van der Waals surface area contributed by atoms with E-state index in [2.05, 4.69) is 24.1 Å². The van der Waals surface area contributed by atoms with Crippen molar-refractivity contribution in [3.8, 4) is 0 Å². The molecule has 0 fully saturated rings. The summed E-state index contributed by atoms with van der Waals surface area (Å²) in [6, 6.07) is 7.67. The zero-order valence-corrected chi connectivity index (χ0v) is 12.1. The standard InChI is InChI=1S/C15H22N2O3/c1-3-17(4-2)13-10-8-12(9-11-13)16-14(18)6-5-7-15(19)20/h8-11H,3-7H2,1-2H3,(H,16,18)(H,19,20). The predicted octanol–water partition coefficient (Wildman–Crippen LogP) is 2.73. The van der Waals surface area contributed by atoms with Crippen molar-refractivity contribution in [2.75, 3.05) is 23.3 Å². The Kier molecular flexibility index (Phi) is 6.56. The second-order valence-corrected chi connectivity index (χ2v) is 4.51. The molecule has 1 aromatic rings. The maximum absolute atomic E-state index is 11.6. The van der Waals surface area contributed by atoms with Gasteiger partial charge in [0.25, 0.3) is 0 Å². The summed E-state index contributed by atoms with van der Waals surface area (Å²) in [5.41, 5.74) is 1.86. The topological polar surface area (TPSA) is 69.6 Å². The van der Waals surface area contributed by atoms with Crippen molar-refractivity contribution in [1.82, 2.24) is 0 Å². The average Bonchev–Trinajstić information content (AvgIpc) is 2.41. The van der Waals surface area contributed by atoms with E-state index >= 15 is 0 Å². The lowest BCUT2D eigenvalue weighted by atomic mass is 10.2. The Morgan fingerprint density at radius 2 is 1.70 bits per heavy atom. The minimum atomic E-state index is -0.874. The van der Waals surface area contributed by atoms with Crippen LogP contribution in [-0.2, 0) is 9.59 Å². The van der Waals surface area contributed by atoms with Crippen LogP contribution in [0.1, 0.15) is 33.1 Å². The number of benzene rings is 1. The van der Waals surface area contributed by atoms with Crippen LogP contribution in [-0.4, -0.2) is 30.1 Å². The molecule has 0 aromatic heterocycles. The molecule has 0 radical (unpaired) electrons. The molecule has 1 amide bonds. The van der Waals surface area contributed by atoms with Crippen molar-refractivity contribution in [2.24, 2.45) is 0 Å².